The summed E-state index contributed by atoms with van der Waals surface area (Å²) in [5.74, 6) is 0. The third kappa shape index (κ3) is 2.33. The maximum absolute atomic E-state index is 4.57. The number of H-pyrrole nitrogens is 2. The van der Waals surface area contributed by atoms with Gasteiger partial charge in [-0.3, -0.25) is 0 Å². The van der Waals surface area contributed by atoms with Gasteiger partial charge < -0.3 is 9.97 Å². The third-order valence-corrected chi connectivity index (χ3v) is 5.56. The monoisotopic (exact) mass is 342 g/mol. The van der Waals surface area contributed by atoms with Crippen molar-refractivity contribution < 1.29 is 0 Å². The summed E-state index contributed by atoms with van der Waals surface area (Å²) < 4.78 is 0. The molecule has 0 aliphatic rings. The summed E-state index contributed by atoms with van der Waals surface area (Å²) in [4.78, 5) is 7.14. The minimum Gasteiger partial charge on any atom is -0.358 e. The first-order chi connectivity index (χ1) is 12.6. The molecule has 0 aliphatic heterocycles. The molecule has 132 valence electrons. The second kappa shape index (κ2) is 6.21. The molecule has 0 amide bonds. The highest BCUT2D eigenvalue weighted by atomic mass is 14.7. The molecule has 2 heteroatoms. The van der Waals surface area contributed by atoms with Crippen molar-refractivity contribution in [3.8, 4) is 0 Å². The van der Waals surface area contributed by atoms with E-state index in [1.165, 1.54) is 55.4 Å². The standard InChI is InChI=1S/C24H26N2/c1-6-17-10-8-12-19-23(17)21(15(4)25-19)14(3)22-16(5)26-20-13-9-11-18(7-2)24(20)22/h8-13,25-26H,3,6-7H2,1-2,4-5H3. The van der Waals surface area contributed by atoms with Gasteiger partial charge in [-0.15, -0.1) is 0 Å². The van der Waals surface area contributed by atoms with Gasteiger partial charge in [-0.05, 0) is 55.5 Å². The number of aromatic amines is 2. The summed E-state index contributed by atoms with van der Waals surface area (Å²) in [6.07, 6.45) is 2.03. The Morgan fingerprint density at radius 3 is 1.58 bits per heavy atom. The maximum Gasteiger partial charge on any atom is 0.0465 e. The first kappa shape index (κ1) is 16.7. The Kier molecular flexibility index (Phi) is 3.99. The molecule has 2 aromatic heterocycles. The van der Waals surface area contributed by atoms with Crippen LogP contribution in [-0.2, 0) is 12.8 Å². The molecular weight excluding hydrogens is 316 g/mol. The van der Waals surface area contributed by atoms with Crippen LogP contribution in [0.25, 0.3) is 27.4 Å². The average Bonchev–Trinajstić information content (AvgIpc) is 3.16. The first-order valence-corrected chi connectivity index (χ1v) is 9.46. The van der Waals surface area contributed by atoms with Gasteiger partial charge in [0.1, 0.15) is 0 Å². The van der Waals surface area contributed by atoms with E-state index in [9.17, 15) is 0 Å². The summed E-state index contributed by atoms with van der Waals surface area (Å²) in [6.45, 7) is 13.3. The van der Waals surface area contributed by atoms with Crippen molar-refractivity contribution in [3.63, 3.8) is 0 Å². The Morgan fingerprint density at radius 2 is 1.19 bits per heavy atom. The number of aromatic nitrogens is 2. The van der Waals surface area contributed by atoms with Crippen LogP contribution in [0.15, 0.2) is 43.0 Å². The minimum atomic E-state index is 1.02. The number of hydrogen-bond acceptors (Lipinski definition) is 0. The Hall–Kier alpha value is -2.74. The van der Waals surface area contributed by atoms with E-state index in [-0.39, 0.29) is 0 Å². The molecule has 0 fully saturated rings. The van der Waals surface area contributed by atoms with Crippen LogP contribution < -0.4 is 0 Å². The molecule has 2 N–H and O–H groups in total. The molecule has 0 atom stereocenters. The van der Waals surface area contributed by atoms with E-state index in [4.69, 9.17) is 0 Å². The Labute approximate surface area is 155 Å². The lowest BCUT2D eigenvalue weighted by Gasteiger charge is -2.11. The van der Waals surface area contributed by atoms with Gasteiger partial charge in [0.05, 0.1) is 0 Å². The first-order valence-electron chi connectivity index (χ1n) is 9.46. The van der Waals surface area contributed by atoms with Crippen LogP contribution in [0, 0.1) is 13.8 Å². The largest absolute Gasteiger partial charge is 0.358 e. The summed E-state index contributed by atoms with van der Waals surface area (Å²) >= 11 is 0. The van der Waals surface area contributed by atoms with Gasteiger partial charge in [-0.25, -0.2) is 0 Å². The van der Waals surface area contributed by atoms with Crippen LogP contribution in [0.1, 0.15) is 47.5 Å². The molecule has 0 spiro atoms. The van der Waals surface area contributed by atoms with Gasteiger partial charge in [0.25, 0.3) is 0 Å². The van der Waals surface area contributed by atoms with E-state index in [0.717, 1.165) is 18.4 Å². The van der Waals surface area contributed by atoms with Crippen molar-refractivity contribution in [2.45, 2.75) is 40.5 Å². The van der Waals surface area contributed by atoms with E-state index < -0.39 is 0 Å². The van der Waals surface area contributed by atoms with Gasteiger partial charge in [0.2, 0.25) is 0 Å². The molecule has 2 heterocycles. The average molecular weight is 342 g/mol. The number of nitrogens with one attached hydrogen (secondary N) is 2. The van der Waals surface area contributed by atoms with E-state index in [1.54, 1.807) is 0 Å². The lowest BCUT2D eigenvalue weighted by Crippen LogP contribution is -1.93. The number of fused-ring (bicyclic) bond motifs is 2. The third-order valence-electron chi connectivity index (χ3n) is 5.56. The SMILES string of the molecule is C=C(c1c(C)[nH]c2cccc(CC)c12)c1c(C)[nH]c2cccc(CC)c12. The zero-order valence-electron chi connectivity index (χ0n) is 16.1. The fraction of sp³-hybridized carbons (Fsp3) is 0.250. The lowest BCUT2D eigenvalue weighted by atomic mass is 9.91. The van der Waals surface area contributed by atoms with Crippen molar-refractivity contribution in [2.75, 3.05) is 0 Å². The van der Waals surface area contributed by atoms with Gasteiger partial charge in [0, 0.05) is 44.3 Å². The minimum absolute atomic E-state index is 1.02. The smallest absolute Gasteiger partial charge is 0.0465 e. The second-order valence-corrected chi connectivity index (χ2v) is 7.12. The Bertz CT molecular complexity index is 1050. The van der Waals surface area contributed by atoms with Crippen molar-refractivity contribution >= 4 is 27.4 Å². The fourth-order valence-corrected chi connectivity index (χ4v) is 4.37. The predicted octanol–water partition coefficient (Wildman–Crippen LogP) is 6.45. The summed E-state index contributed by atoms with van der Waals surface area (Å²) in [7, 11) is 0. The van der Waals surface area contributed by atoms with E-state index in [0.29, 0.717) is 0 Å². The zero-order chi connectivity index (χ0) is 18.4. The normalized spacial score (nSPS) is 11.5. The van der Waals surface area contributed by atoms with Crippen molar-refractivity contribution in [1.82, 2.24) is 9.97 Å². The molecule has 2 aromatic carbocycles. The van der Waals surface area contributed by atoms with Crippen molar-refractivity contribution in [3.05, 3.63) is 76.6 Å². The van der Waals surface area contributed by atoms with Crippen LogP contribution in [0.3, 0.4) is 0 Å². The zero-order valence-corrected chi connectivity index (χ0v) is 16.1. The molecule has 4 aromatic rings. The van der Waals surface area contributed by atoms with Crippen LogP contribution in [-0.4, -0.2) is 9.97 Å². The Balaban J connectivity index is 2.04. The van der Waals surface area contributed by atoms with Crippen LogP contribution >= 0.6 is 0 Å². The second-order valence-electron chi connectivity index (χ2n) is 7.12. The van der Waals surface area contributed by atoms with Crippen LogP contribution in [0.2, 0.25) is 0 Å². The molecular formula is C24H26N2. The maximum atomic E-state index is 4.57. The van der Waals surface area contributed by atoms with Crippen LogP contribution in [0.5, 0.6) is 0 Å². The fourth-order valence-electron chi connectivity index (χ4n) is 4.37. The predicted molar refractivity (Wildman–Crippen MR) is 113 cm³/mol. The highest BCUT2D eigenvalue weighted by Gasteiger charge is 2.20. The number of aryl methyl sites for hydroxylation is 4. The van der Waals surface area contributed by atoms with E-state index in [2.05, 4.69) is 80.6 Å². The summed E-state index contributed by atoms with van der Waals surface area (Å²) in [6, 6.07) is 13.1. The van der Waals surface area contributed by atoms with Gasteiger partial charge in [-0.1, -0.05) is 44.7 Å². The van der Waals surface area contributed by atoms with E-state index >= 15 is 0 Å². The van der Waals surface area contributed by atoms with Gasteiger partial charge in [0.15, 0.2) is 0 Å². The number of hydrogen-bond donors (Lipinski definition) is 2. The quantitative estimate of drug-likeness (QED) is 0.427. The van der Waals surface area contributed by atoms with E-state index in [1.807, 2.05) is 0 Å². The topological polar surface area (TPSA) is 31.6 Å². The summed E-state index contributed by atoms with van der Waals surface area (Å²) in [5, 5.41) is 2.64. The van der Waals surface area contributed by atoms with Gasteiger partial charge >= 0.3 is 0 Å². The molecule has 0 aliphatic carbocycles. The van der Waals surface area contributed by atoms with Crippen molar-refractivity contribution in [1.29, 1.82) is 0 Å². The molecule has 0 saturated heterocycles. The molecule has 0 saturated carbocycles. The highest BCUT2D eigenvalue weighted by molar-refractivity contribution is 6.06. The number of rotatable bonds is 4. The van der Waals surface area contributed by atoms with Gasteiger partial charge in [-0.2, -0.15) is 0 Å². The molecule has 0 bridgehead atoms. The molecule has 4 rings (SSSR count). The van der Waals surface area contributed by atoms with Crippen LogP contribution in [0.4, 0.5) is 0 Å². The lowest BCUT2D eigenvalue weighted by molar-refractivity contribution is 1.16. The van der Waals surface area contributed by atoms with Crippen molar-refractivity contribution in [2.24, 2.45) is 0 Å². The molecule has 0 unspecified atom stereocenters. The Morgan fingerprint density at radius 1 is 0.769 bits per heavy atom. The number of benzene rings is 2. The summed E-state index contributed by atoms with van der Waals surface area (Å²) in [5.41, 5.74) is 11.1. The molecule has 26 heavy (non-hydrogen) atoms. The molecule has 2 nitrogen and oxygen atoms in total. The molecule has 0 radical (unpaired) electrons. The highest BCUT2D eigenvalue weighted by Crippen LogP contribution is 2.39.